The van der Waals surface area contributed by atoms with Crippen LogP contribution in [0.1, 0.15) is 5.56 Å². The average molecular weight is 271 g/mol. The van der Waals surface area contributed by atoms with Crippen molar-refractivity contribution in [2.45, 2.75) is 6.92 Å². The lowest BCUT2D eigenvalue weighted by molar-refractivity contribution is 0.475. The van der Waals surface area contributed by atoms with Gasteiger partial charge in [0.05, 0.1) is 10.0 Å². The Labute approximate surface area is 108 Å². The highest BCUT2D eigenvalue weighted by atomic mass is 35.5. The van der Waals surface area contributed by atoms with Crippen molar-refractivity contribution in [1.82, 2.24) is 0 Å². The van der Waals surface area contributed by atoms with E-state index in [0.29, 0.717) is 11.1 Å². The lowest BCUT2D eigenvalue weighted by Gasteiger charge is -2.08. The van der Waals surface area contributed by atoms with Crippen molar-refractivity contribution in [3.8, 4) is 16.9 Å². The molecule has 0 heterocycles. The summed E-state index contributed by atoms with van der Waals surface area (Å²) in [5.74, 6) is -0.493. The molecule has 2 rings (SSSR count). The fourth-order valence-electron chi connectivity index (χ4n) is 1.59. The number of aromatic hydroxyl groups is 1. The molecule has 0 atom stereocenters. The second kappa shape index (κ2) is 4.55. The number of benzene rings is 2. The molecule has 0 aliphatic heterocycles. The predicted molar refractivity (Wildman–Crippen MR) is 68.3 cm³/mol. The lowest BCUT2D eigenvalue weighted by Crippen LogP contribution is -1.87. The van der Waals surface area contributed by atoms with Crippen LogP contribution in [0.15, 0.2) is 30.3 Å². The molecule has 0 aromatic heterocycles. The standard InChI is InChI=1S/C13H9Cl2FO/c1-7-2-3-12(16)9(4-7)8-5-11(15)13(17)6-10(8)14/h2-6,17H,1H3. The molecule has 0 aliphatic carbocycles. The largest absolute Gasteiger partial charge is 0.506 e. The van der Waals surface area contributed by atoms with Gasteiger partial charge in [0.1, 0.15) is 11.6 Å². The van der Waals surface area contributed by atoms with E-state index in [1.165, 1.54) is 18.2 Å². The molecule has 0 saturated carbocycles. The highest BCUT2D eigenvalue weighted by Crippen LogP contribution is 2.37. The molecule has 88 valence electrons. The zero-order valence-electron chi connectivity index (χ0n) is 8.97. The summed E-state index contributed by atoms with van der Waals surface area (Å²) in [6.45, 7) is 1.86. The van der Waals surface area contributed by atoms with Gasteiger partial charge >= 0.3 is 0 Å². The van der Waals surface area contributed by atoms with Gasteiger partial charge in [-0.1, -0.05) is 34.8 Å². The Morgan fingerprint density at radius 1 is 1.00 bits per heavy atom. The summed E-state index contributed by atoms with van der Waals surface area (Å²) in [6, 6.07) is 7.50. The summed E-state index contributed by atoms with van der Waals surface area (Å²) in [5, 5.41) is 9.79. The molecular formula is C13H9Cl2FO. The topological polar surface area (TPSA) is 20.2 Å². The first kappa shape index (κ1) is 12.2. The van der Waals surface area contributed by atoms with Crippen molar-refractivity contribution in [2.24, 2.45) is 0 Å². The van der Waals surface area contributed by atoms with Crippen molar-refractivity contribution in [1.29, 1.82) is 0 Å². The van der Waals surface area contributed by atoms with Crippen molar-refractivity contribution < 1.29 is 9.50 Å². The van der Waals surface area contributed by atoms with Crippen LogP contribution in [0, 0.1) is 12.7 Å². The minimum absolute atomic E-state index is 0.117. The number of hydrogen-bond acceptors (Lipinski definition) is 1. The highest BCUT2D eigenvalue weighted by molar-refractivity contribution is 6.36. The zero-order valence-corrected chi connectivity index (χ0v) is 10.5. The maximum absolute atomic E-state index is 13.7. The van der Waals surface area contributed by atoms with E-state index < -0.39 is 0 Å². The molecule has 2 aromatic carbocycles. The SMILES string of the molecule is Cc1ccc(F)c(-c2cc(Cl)c(O)cc2Cl)c1. The molecule has 0 fully saturated rings. The van der Waals surface area contributed by atoms with Gasteiger partial charge in [-0.25, -0.2) is 4.39 Å². The van der Waals surface area contributed by atoms with Gasteiger partial charge in [-0.2, -0.15) is 0 Å². The predicted octanol–water partition coefficient (Wildman–Crippen LogP) is 4.81. The van der Waals surface area contributed by atoms with Crippen LogP contribution in [0.25, 0.3) is 11.1 Å². The van der Waals surface area contributed by atoms with Gasteiger partial charge < -0.3 is 5.11 Å². The van der Waals surface area contributed by atoms with Crippen molar-refractivity contribution in [3.63, 3.8) is 0 Å². The minimum atomic E-state index is -0.376. The van der Waals surface area contributed by atoms with E-state index in [4.69, 9.17) is 23.2 Å². The van der Waals surface area contributed by atoms with Crippen LogP contribution in [0.4, 0.5) is 4.39 Å². The number of phenolic OH excluding ortho intramolecular Hbond substituents is 1. The fourth-order valence-corrected chi connectivity index (χ4v) is 2.01. The van der Waals surface area contributed by atoms with Gasteiger partial charge in [0.2, 0.25) is 0 Å². The monoisotopic (exact) mass is 270 g/mol. The minimum Gasteiger partial charge on any atom is -0.506 e. The second-order valence-corrected chi connectivity index (χ2v) is 4.58. The van der Waals surface area contributed by atoms with E-state index in [1.807, 2.05) is 6.92 Å². The molecule has 2 aromatic rings. The summed E-state index contributed by atoms with van der Waals surface area (Å²) in [4.78, 5) is 0. The molecule has 0 bridgehead atoms. The van der Waals surface area contributed by atoms with E-state index in [1.54, 1.807) is 12.1 Å². The fraction of sp³-hybridized carbons (Fsp3) is 0.0769. The van der Waals surface area contributed by atoms with Crippen LogP contribution in [-0.4, -0.2) is 5.11 Å². The first-order valence-electron chi connectivity index (χ1n) is 4.93. The van der Waals surface area contributed by atoms with Gasteiger partial charge in [0, 0.05) is 17.2 Å². The molecule has 17 heavy (non-hydrogen) atoms. The Kier molecular flexibility index (Phi) is 3.27. The maximum atomic E-state index is 13.7. The van der Waals surface area contributed by atoms with Crippen LogP contribution in [0.2, 0.25) is 10.0 Å². The van der Waals surface area contributed by atoms with Gasteiger partial charge in [0.15, 0.2) is 0 Å². The van der Waals surface area contributed by atoms with E-state index in [2.05, 4.69) is 0 Å². The molecule has 1 nitrogen and oxygen atoms in total. The molecule has 1 N–H and O–H groups in total. The van der Waals surface area contributed by atoms with Crippen molar-refractivity contribution in [2.75, 3.05) is 0 Å². The third-order valence-corrected chi connectivity index (χ3v) is 3.06. The second-order valence-electron chi connectivity index (χ2n) is 3.77. The molecule has 0 radical (unpaired) electrons. The smallest absolute Gasteiger partial charge is 0.135 e. The first-order valence-corrected chi connectivity index (χ1v) is 5.69. The third-order valence-electron chi connectivity index (χ3n) is 2.45. The summed E-state index contributed by atoms with van der Waals surface area (Å²) in [5.41, 5.74) is 1.76. The van der Waals surface area contributed by atoms with Crippen LogP contribution < -0.4 is 0 Å². The summed E-state index contributed by atoms with van der Waals surface area (Å²) in [6.07, 6.45) is 0. The average Bonchev–Trinajstić information content (AvgIpc) is 2.27. The van der Waals surface area contributed by atoms with E-state index in [0.717, 1.165) is 5.56 Å². The van der Waals surface area contributed by atoms with Crippen LogP contribution in [0.5, 0.6) is 5.75 Å². The zero-order chi connectivity index (χ0) is 12.6. The van der Waals surface area contributed by atoms with E-state index in [9.17, 15) is 9.50 Å². The number of halogens is 3. The van der Waals surface area contributed by atoms with Gasteiger partial charge in [-0.05, 0) is 25.1 Å². The lowest BCUT2D eigenvalue weighted by atomic mass is 10.0. The number of phenols is 1. The molecule has 0 aliphatic rings. The summed E-state index contributed by atoms with van der Waals surface area (Å²) < 4.78 is 13.7. The Morgan fingerprint density at radius 2 is 1.71 bits per heavy atom. The molecule has 4 heteroatoms. The molecular weight excluding hydrogens is 262 g/mol. The normalized spacial score (nSPS) is 10.6. The molecule has 0 unspecified atom stereocenters. The third kappa shape index (κ3) is 2.38. The van der Waals surface area contributed by atoms with Crippen molar-refractivity contribution >= 4 is 23.2 Å². The van der Waals surface area contributed by atoms with Crippen LogP contribution >= 0.6 is 23.2 Å². The Morgan fingerprint density at radius 3 is 2.41 bits per heavy atom. The quantitative estimate of drug-likeness (QED) is 0.788. The van der Waals surface area contributed by atoms with Crippen molar-refractivity contribution in [3.05, 3.63) is 51.8 Å². The highest BCUT2D eigenvalue weighted by Gasteiger charge is 2.12. The Hall–Kier alpha value is -1.25. The maximum Gasteiger partial charge on any atom is 0.135 e. The van der Waals surface area contributed by atoms with Crippen LogP contribution in [-0.2, 0) is 0 Å². The van der Waals surface area contributed by atoms with Gasteiger partial charge in [-0.3, -0.25) is 0 Å². The van der Waals surface area contributed by atoms with Gasteiger partial charge in [-0.15, -0.1) is 0 Å². The van der Waals surface area contributed by atoms with Crippen LogP contribution in [0.3, 0.4) is 0 Å². The number of rotatable bonds is 1. The Bertz CT molecular complexity index is 582. The number of hydrogen-bond donors (Lipinski definition) is 1. The Balaban J connectivity index is 2.68. The molecule has 0 spiro atoms. The molecule has 0 amide bonds. The summed E-state index contributed by atoms with van der Waals surface area (Å²) >= 11 is 11.8. The first-order chi connectivity index (χ1) is 7.99. The van der Waals surface area contributed by atoms with E-state index >= 15 is 0 Å². The summed E-state index contributed by atoms with van der Waals surface area (Å²) in [7, 11) is 0. The van der Waals surface area contributed by atoms with Gasteiger partial charge in [0.25, 0.3) is 0 Å². The molecule has 0 saturated heterocycles. The van der Waals surface area contributed by atoms with E-state index in [-0.39, 0.29) is 21.6 Å². The number of aryl methyl sites for hydroxylation is 1.